The van der Waals surface area contributed by atoms with E-state index in [1.807, 2.05) is 57.2 Å². The molecule has 0 unspecified atom stereocenters. The molecule has 0 heterocycles. The molecule has 2 rings (SSSR count). The molecule has 0 atom stereocenters. The van der Waals surface area contributed by atoms with Gasteiger partial charge in [0.1, 0.15) is 12.2 Å². The summed E-state index contributed by atoms with van der Waals surface area (Å²) in [7, 11) is 1.62. The molecule has 0 radical (unpaired) electrons. The minimum Gasteiger partial charge on any atom is -0.497 e. The van der Waals surface area contributed by atoms with Crippen molar-refractivity contribution in [2.45, 2.75) is 33.6 Å². The van der Waals surface area contributed by atoms with E-state index in [4.69, 9.17) is 4.74 Å². The number of anilines is 1. The normalized spacial score (nSPS) is 10.3. The molecule has 0 aliphatic carbocycles. The van der Waals surface area contributed by atoms with E-state index in [-0.39, 0.29) is 18.2 Å². The van der Waals surface area contributed by atoms with Gasteiger partial charge >= 0.3 is 0 Å². The number of hydrogen-bond acceptors (Lipinski definition) is 3. The van der Waals surface area contributed by atoms with Gasteiger partial charge in [0.15, 0.2) is 0 Å². The van der Waals surface area contributed by atoms with E-state index in [1.165, 1.54) is 0 Å². The van der Waals surface area contributed by atoms with Crippen molar-refractivity contribution in [1.82, 2.24) is 5.32 Å². The Kier molecular flexibility index (Phi) is 6.78. The first-order valence-corrected chi connectivity index (χ1v) is 8.66. The van der Waals surface area contributed by atoms with Crippen LogP contribution in [-0.4, -0.2) is 25.5 Å². The fourth-order valence-corrected chi connectivity index (χ4v) is 2.94. The number of rotatable bonds is 7. The minimum absolute atomic E-state index is 0.190. The topological polar surface area (TPSA) is 67.4 Å². The lowest BCUT2D eigenvalue weighted by Gasteiger charge is -2.13. The second-order valence-electron chi connectivity index (χ2n) is 6.45. The summed E-state index contributed by atoms with van der Waals surface area (Å²) in [4.78, 5) is 24.1. The van der Waals surface area contributed by atoms with Gasteiger partial charge in [0.05, 0.1) is 7.11 Å². The van der Waals surface area contributed by atoms with Crippen molar-refractivity contribution >= 4 is 17.5 Å². The minimum atomic E-state index is -0.307. The fraction of sp³-hybridized carbons (Fsp3) is 0.333. The highest BCUT2D eigenvalue weighted by Gasteiger charge is 2.12. The van der Waals surface area contributed by atoms with Gasteiger partial charge in [-0.15, -0.1) is 0 Å². The van der Waals surface area contributed by atoms with E-state index < -0.39 is 0 Å². The Morgan fingerprint density at radius 3 is 2.35 bits per heavy atom. The van der Waals surface area contributed by atoms with Gasteiger partial charge in [0, 0.05) is 12.2 Å². The van der Waals surface area contributed by atoms with Crippen LogP contribution in [0.15, 0.2) is 36.4 Å². The number of ether oxygens (including phenoxy) is 1. The van der Waals surface area contributed by atoms with Crippen LogP contribution in [0.1, 0.15) is 28.7 Å². The molecule has 0 aliphatic heterocycles. The van der Waals surface area contributed by atoms with Crippen LogP contribution in [0.3, 0.4) is 0 Å². The van der Waals surface area contributed by atoms with Crippen LogP contribution in [0.4, 0.5) is 5.69 Å². The summed E-state index contributed by atoms with van der Waals surface area (Å²) < 4.78 is 5.18. The Bertz CT molecular complexity index is 777. The molecule has 0 fully saturated rings. The first kappa shape index (κ1) is 19.5. The molecule has 0 saturated carbocycles. The fourth-order valence-electron chi connectivity index (χ4n) is 2.94. The van der Waals surface area contributed by atoms with Crippen LogP contribution >= 0.6 is 0 Å². The molecule has 0 aromatic heterocycles. The smallest absolute Gasteiger partial charge is 0.233 e. The number of amides is 2. The van der Waals surface area contributed by atoms with E-state index in [1.54, 1.807) is 7.11 Å². The van der Waals surface area contributed by atoms with E-state index in [0.717, 1.165) is 33.7 Å². The van der Waals surface area contributed by atoms with E-state index in [9.17, 15) is 9.59 Å². The van der Waals surface area contributed by atoms with Crippen LogP contribution in [0.5, 0.6) is 5.75 Å². The molecule has 26 heavy (non-hydrogen) atoms. The molecule has 2 aromatic rings. The third kappa shape index (κ3) is 5.62. The van der Waals surface area contributed by atoms with Crippen LogP contribution in [0.2, 0.25) is 0 Å². The molecule has 2 aromatic carbocycles. The van der Waals surface area contributed by atoms with Crippen LogP contribution < -0.4 is 15.4 Å². The van der Waals surface area contributed by atoms with E-state index >= 15 is 0 Å². The van der Waals surface area contributed by atoms with E-state index in [0.29, 0.717) is 13.0 Å². The summed E-state index contributed by atoms with van der Waals surface area (Å²) in [5.74, 6) is 0.198. The lowest BCUT2D eigenvalue weighted by Crippen LogP contribution is -2.30. The lowest BCUT2D eigenvalue weighted by molar-refractivity contribution is -0.126. The standard InChI is InChI=1S/C21H26N2O3/c1-14-10-15(2)21(16(3)11-14)23-20(25)13-19(24)22-9-8-17-6-5-7-18(12-17)26-4/h5-7,10-12H,8-9,13H2,1-4H3,(H,22,24)(H,23,25). The van der Waals surface area contributed by atoms with Crippen molar-refractivity contribution in [3.05, 3.63) is 58.7 Å². The number of aryl methyl sites for hydroxylation is 3. The maximum absolute atomic E-state index is 12.1. The van der Waals surface area contributed by atoms with Crippen molar-refractivity contribution in [1.29, 1.82) is 0 Å². The van der Waals surface area contributed by atoms with Gasteiger partial charge in [-0.3, -0.25) is 9.59 Å². The quantitative estimate of drug-likeness (QED) is 0.750. The molecule has 5 heteroatoms. The summed E-state index contributed by atoms with van der Waals surface area (Å²) in [5, 5.41) is 5.63. The summed E-state index contributed by atoms with van der Waals surface area (Å²) in [5.41, 5.74) is 4.99. The number of benzene rings is 2. The van der Waals surface area contributed by atoms with Crippen LogP contribution in [0, 0.1) is 20.8 Å². The van der Waals surface area contributed by atoms with Gasteiger partial charge in [0.2, 0.25) is 11.8 Å². The Morgan fingerprint density at radius 2 is 1.69 bits per heavy atom. The third-order valence-electron chi connectivity index (χ3n) is 4.13. The SMILES string of the molecule is COc1cccc(CCNC(=O)CC(=O)Nc2c(C)cc(C)cc2C)c1. The maximum atomic E-state index is 12.1. The number of carbonyl (C=O) groups is 2. The summed E-state index contributed by atoms with van der Waals surface area (Å²) >= 11 is 0. The largest absolute Gasteiger partial charge is 0.497 e. The van der Waals surface area contributed by atoms with Crippen molar-refractivity contribution in [3.63, 3.8) is 0 Å². The maximum Gasteiger partial charge on any atom is 0.233 e. The zero-order valence-corrected chi connectivity index (χ0v) is 15.8. The van der Waals surface area contributed by atoms with E-state index in [2.05, 4.69) is 10.6 Å². The first-order valence-electron chi connectivity index (χ1n) is 8.66. The average Bonchev–Trinajstić information content (AvgIpc) is 2.58. The van der Waals surface area contributed by atoms with Crippen molar-refractivity contribution in [3.8, 4) is 5.75 Å². The third-order valence-corrected chi connectivity index (χ3v) is 4.13. The monoisotopic (exact) mass is 354 g/mol. The second kappa shape index (κ2) is 9.04. The Morgan fingerprint density at radius 1 is 1.00 bits per heavy atom. The number of nitrogens with one attached hydrogen (secondary N) is 2. The average molecular weight is 354 g/mol. The molecule has 2 amide bonds. The molecule has 0 saturated heterocycles. The van der Waals surface area contributed by atoms with Gasteiger partial charge in [-0.2, -0.15) is 0 Å². The van der Waals surface area contributed by atoms with Crippen molar-refractivity contribution in [2.75, 3.05) is 19.0 Å². The van der Waals surface area contributed by atoms with Gasteiger partial charge < -0.3 is 15.4 Å². The Labute approximate surface area is 154 Å². The number of hydrogen-bond donors (Lipinski definition) is 2. The first-order chi connectivity index (χ1) is 12.4. The zero-order chi connectivity index (χ0) is 19.1. The summed E-state index contributed by atoms with van der Waals surface area (Å²) in [6, 6.07) is 11.7. The van der Waals surface area contributed by atoms with Crippen LogP contribution in [-0.2, 0) is 16.0 Å². The van der Waals surface area contributed by atoms with Gasteiger partial charge in [-0.25, -0.2) is 0 Å². The molecular formula is C21H26N2O3. The highest BCUT2D eigenvalue weighted by Crippen LogP contribution is 2.22. The van der Waals surface area contributed by atoms with Gasteiger partial charge in [-0.05, 0) is 56.0 Å². The predicted molar refractivity (Wildman–Crippen MR) is 104 cm³/mol. The van der Waals surface area contributed by atoms with Crippen LogP contribution in [0.25, 0.3) is 0 Å². The van der Waals surface area contributed by atoms with Gasteiger partial charge in [-0.1, -0.05) is 29.8 Å². The Balaban J connectivity index is 1.81. The highest BCUT2D eigenvalue weighted by molar-refractivity contribution is 6.04. The summed E-state index contributed by atoms with van der Waals surface area (Å²) in [6.07, 6.45) is 0.492. The van der Waals surface area contributed by atoms with Gasteiger partial charge in [0.25, 0.3) is 0 Å². The number of methoxy groups -OCH3 is 1. The molecular weight excluding hydrogens is 328 g/mol. The highest BCUT2D eigenvalue weighted by atomic mass is 16.5. The van der Waals surface area contributed by atoms with Crippen molar-refractivity contribution in [2.24, 2.45) is 0 Å². The summed E-state index contributed by atoms with van der Waals surface area (Å²) in [6.45, 7) is 6.39. The molecule has 0 aliphatic rings. The Hall–Kier alpha value is -2.82. The molecule has 138 valence electrons. The molecule has 0 spiro atoms. The molecule has 0 bridgehead atoms. The molecule has 2 N–H and O–H groups in total. The molecule has 5 nitrogen and oxygen atoms in total. The predicted octanol–water partition coefficient (Wildman–Crippen LogP) is 3.31. The lowest BCUT2D eigenvalue weighted by atomic mass is 10.0. The zero-order valence-electron chi connectivity index (χ0n) is 15.8. The number of carbonyl (C=O) groups excluding carboxylic acids is 2. The second-order valence-corrected chi connectivity index (χ2v) is 6.45. The van der Waals surface area contributed by atoms with Crippen molar-refractivity contribution < 1.29 is 14.3 Å².